The lowest BCUT2D eigenvalue weighted by Gasteiger charge is -2.39. The van der Waals surface area contributed by atoms with Crippen LogP contribution in [0.3, 0.4) is 0 Å². The summed E-state index contributed by atoms with van der Waals surface area (Å²) >= 11 is 0. The quantitative estimate of drug-likeness (QED) is 0.828. The summed E-state index contributed by atoms with van der Waals surface area (Å²) in [6, 6.07) is 5.71. The Morgan fingerprint density at radius 3 is 2.63 bits per heavy atom. The zero-order chi connectivity index (χ0) is 13.4. The topological polar surface area (TPSA) is 29.1 Å². The van der Waals surface area contributed by atoms with E-state index in [2.05, 4.69) is 5.32 Å². The third-order valence-electron chi connectivity index (χ3n) is 4.47. The molecule has 2 saturated heterocycles. The number of ketones is 1. The molecule has 2 nitrogen and oxygen atoms in total. The van der Waals surface area contributed by atoms with Gasteiger partial charge >= 0.3 is 0 Å². The Hall–Kier alpha value is -1.22. The number of benzene rings is 1. The predicted octanol–water partition coefficient (Wildman–Crippen LogP) is 3.24. The molecular formula is C16H20FNO. The molecule has 19 heavy (non-hydrogen) atoms. The van der Waals surface area contributed by atoms with Crippen molar-refractivity contribution >= 4 is 5.78 Å². The SMILES string of the molecule is Cc1ccc(F)c(C(=O)C2CC3CCCC(C2)N3)c1. The van der Waals surface area contributed by atoms with Crippen molar-refractivity contribution < 1.29 is 9.18 Å². The molecule has 2 fully saturated rings. The van der Waals surface area contributed by atoms with Crippen LogP contribution >= 0.6 is 0 Å². The molecule has 1 N–H and O–H groups in total. The van der Waals surface area contributed by atoms with Crippen molar-refractivity contribution in [2.45, 2.75) is 51.1 Å². The molecule has 1 aromatic carbocycles. The molecule has 2 atom stereocenters. The lowest BCUT2D eigenvalue weighted by Crippen LogP contribution is -2.50. The molecule has 0 aliphatic carbocycles. The molecule has 2 bridgehead atoms. The van der Waals surface area contributed by atoms with Gasteiger partial charge in [-0.05, 0) is 44.7 Å². The summed E-state index contributed by atoms with van der Waals surface area (Å²) in [5, 5.41) is 3.57. The summed E-state index contributed by atoms with van der Waals surface area (Å²) in [4.78, 5) is 12.5. The molecule has 0 radical (unpaired) electrons. The Kier molecular flexibility index (Phi) is 3.40. The largest absolute Gasteiger partial charge is 0.311 e. The van der Waals surface area contributed by atoms with Crippen molar-refractivity contribution in [3.05, 3.63) is 35.1 Å². The van der Waals surface area contributed by atoms with Crippen LogP contribution < -0.4 is 5.32 Å². The second-order valence-corrected chi connectivity index (χ2v) is 6.01. The van der Waals surface area contributed by atoms with Crippen LogP contribution in [0, 0.1) is 18.7 Å². The maximum atomic E-state index is 13.8. The number of Topliss-reactive ketones (excluding diaryl/α,β-unsaturated/α-hetero) is 1. The fourth-order valence-electron chi connectivity index (χ4n) is 3.53. The first kappa shape index (κ1) is 12.8. The maximum Gasteiger partial charge on any atom is 0.169 e. The molecule has 2 aliphatic rings. The standard InChI is InChI=1S/C16H20FNO/c1-10-5-6-15(17)14(7-10)16(19)11-8-12-3-2-4-13(9-11)18-12/h5-7,11-13,18H,2-4,8-9H2,1H3. The molecule has 0 spiro atoms. The monoisotopic (exact) mass is 261 g/mol. The van der Waals surface area contributed by atoms with Gasteiger partial charge in [-0.15, -0.1) is 0 Å². The highest BCUT2D eigenvalue weighted by Gasteiger charge is 2.35. The molecule has 2 aliphatic heterocycles. The number of carbonyl (C=O) groups excluding carboxylic acids is 1. The number of carbonyl (C=O) groups is 1. The van der Waals surface area contributed by atoms with Crippen LogP contribution in [0.4, 0.5) is 4.39 Å². The van der Waals surface area contributed by atoms with E-state index in [4.69, 9.17) is 0 Å². The summed E-state index contributed by atoms with van der Waals surface area (Å²) in [5.41, 5.74) is 1.23. The van der Waals surface area contributed by atoms with E-state index in [1.807, 2.05) is 6.92 Å². The van der Waals surface area contributed by atoms with E-state index in [9.17, 15) is 9.18 Å². The minimum absolute atomic E-state index is 0.000370. The average molecular weight is 261 g/mol. The Bertz CT molecular complexity index is 488. The summed E-state index contributed by atoms with van der Waals surface area (Å²) in [6.07, 6.45) is 5.28. The van der Waals surface area contributed by atoms with Crippen LogP contribution in [0.2, 0.25) is 0 Å². The number of hydrogen-bond donors (Lipinski definition) is 1. The van der Waals surface area contributed by atoms with Gasteiger partial charge in [0.15, 0.2) is 5.78 Å². The van der Waals surface area contributed by atoms with Crippen LogP contribution in [-0.4, -0.2) is 17.9 Å². The van der Waals surface area contributed by atoms with Crippen molar-refractivity contribution in [1.82, 2.24) is 5.32 Å². The zero-order valence-electron chi connectivity index (χ0n) is 11.3. The Morgan fingerprint density at radius 1 is 1.26 bits per heavy atom. The minimum atomic E-state index is -0.376. The van der Waals surface area contributed by atoms with Crippen LogP contribution in [0.15, 0.2) is 18.2 Å². The van der Waals surface area contributed by atoms with Gasteiger partial charge in [0, 0.05) is 18.0 Å². The Labute approximate surface area is 113 Å². The molecule has 3 rings (SSSR count). The van der Waals surface area contributed by atoms with E-state index < -0.39 is 0 Å². The summed E-state index contributed by atoms with van der Waals surface area (Å²) in [6.45, 7) is 1.90. The first-order valence-electron chi connectivity index (χ1n) is 7.20. The minimum Gasteiger partial charge on any atom is -0.311 e. The predicted molar refractivity (Wildman–Crippen MR) is 72.8 cm³/mol. The fourth-order valence-corrected chi connectivity index (χ4v) is 3.53. The van der Waals surface area contributed by atoms with Crippen molar-refractivity contribution in [2.24, 2.45) is 5.92 Å². The Balaban J connectivity index is 1.82. The number of nitrogens with one attached hydrogen (secondary N) is 1. The first-order valence-corrected chi connectivity index (χ1v) is 7.20. The van der Waals surface area contributed by atoms with Crippen molar-refractivity contribution in [2.75, 3.05) is 0 Å². The number of hydrogen-bond acceptors (Lipinski definition) is 2. The van der Waals surface area contributed by atoms with Gasteiger partial charge in [0.1, 0.15) is 5.82 Å². The number of fused-ring (bicyclic) bond motifs is 2. The lowest BCUT2D eigenvalue weighted by molar-refractivity contribution is 0.0821. The van der Waals surface area contributed by atoms with E-state index >= 15 is 0 Å². The average Bonchev–Trinajstić information content (AvgIpc) is 2.40. The van der Waals surface area contributed by atoms with Crippen LogP contribution in [-0.2, 0) is 0 Å². The molecule has 2 heterocycles. The van der Waals surface area contributed by atoms with Crippen molar-refractivity contribution in [3.63, 3.8) is 0 Å². The summed E-state index contributed by atoms with van der Waals surface area (Å²) in [5.74, 6) is -0.383. The smallest absolute Gasteiger partial charge is 0.169 e. The molecule has 0 saturated carbocycles. The van der Waals surface area contributed by atoms with Gasteiger partial charge in [-0.2, -0.15) is 0 Å². The van der Waals surface area contributed by atoms with Gasteiger partial charge in [-0.25, -0.2) is 4.39 Å². The summed E-state index contributed by atoms with van der Waals surface area (Å²) in [7, 11) is 0. The van der Waals surface area contributed by atoms with Gasteiger partial charge < -0.3 is 5.32 Å². The maximum absolute atomic E-state index is 13.8. The number of aryl methyl sites for hydroxylation is 1. The normalized spacial score (nSPS) is 30.1. The molecule has 3 heteroatoms. The van der Waals surface area contributed by atoms with Crippen LogP contribution in [0.1, 0.15) is 48.0 Å². The highest BCUT2D eigenvalue weighted by Crippen LogP contribution is 2.32. The van der Waals surface area contributed by atoms with E-state index in [1.165, 1.54) is 12.5 Å². The van der Waals surface area contributed by atoms with Crippen LogP contribution in [0.25, 0.3) is 0 Å². The van der Waals surface area contributed by atoms with Gasteiger partial charge in [0.25, 0.3) is 0 Å². The van der Waals surface area contributed by atoms with Crippen LogP contribution in [0.5, 0.6) is 0 Å². The van der Waals surface area contributed by atoms with Gasteiger partial charge in [0.05, 0.1) is 5.56 Å². The van der Waals surface area contributed by atoms with E-state index in [0.29, 0.717) is 12.1 Å². The summed E-state index contributed by atoms with van der Waals surface area (Å²) < 4.78 is 13.8. The van der Waals surface area contributed by atoms with E-state index in [-0.39, 0.29) is 23.1 Å². The first-order chi connectivity index (χ1) is 9.13. The molecule has 1 aromatic rings. The molecule has 0 aromatic heterocycles. The second kappa shape index (κ2) is 5.04. The number of rotatable bonds is 2. The molecule has 102 valence electrons. The fraction of sp³-hybridized carbons (Fsp3) is 0.562. The van der Waals surface area contributed by atoms with Gasteiger partial charge in [-0.3, -0.25) is 4.79 Å². The lowest BCUT2D eigenvalue weighted by atomic mass is 9.77. The third-order valence-corrected chi connectivity index (χ3v) is 4.47. The highest BCUT2D eigenvalue weighted by atomic mass is 19.1. The molecule has 2 unspecified atom stereocenters. The molecule has 0 amide bonds. The van der Waals surface area contributed by atoms with E-state index in [1.54, 1.807) is 12.1 Å². The third kappa shape index (κ3) is 2.57. The van der Waals surface area contributed by atoms with Crippen molar-refractivity contribution in [1.29, 1.82) is 0 Å². The highest BCUT2D eigenvalue weighted by molar-refractivity contribution is 5.98. The number of piperidine rings is 2. The van der Waals surface area contributed by atoms with Crippen molar-refractivity contribution in [3.8, 4) is 0 Å². The van der Waals surface area contributed by atoms with E-state index in [0.717, 1.165) is 31.2 Å². The van der Waals surface area contributed by atoms with Gasteiger partial charge in [-0.1, -0.05) is 18.1 Å². The second-order valence-electron chi connectivity index (χ2n) is 6.01. The van der Waals surface area contributed by atoms with Gasteiger partial charge in [0.2, 0.25) is 0 Å². The molecular weight excluding hydrogens is 241 g/mol. The zero-order valence-corrected chi connectivity index (χ0v) is 11.3. The number of halogens is 1. The Morgan fingerprint density at radius 2 is 1.95 bits per heavy atom.